The molecule has 0 spiro atoms. The van der Waals surface area contributed by atoms with Crippen LogP contribution in [0.5, 0.6) is 0 Å². The van der Waals surface area contributed by atoms with Gasteiger partial charge in [0.05, 0.1) is 0 Å². The molecule has 0 aromatic rings. The maximum atomic E-state index is 12.0. The summed E-state index contributed by atoms with van der Waals surface area (Å²) in [6, 6.07) is -0.728. The van der Waals surface area contributed by atoms with Gasteiger partial charge in [-0.1, -0.05) is 19.8 Å². The molecule has 2 unspecified atom stereocenters. The van der Waals surface area contributed by atoms with Crippen molar-refractivity contribution in [2.24, 2.45) is 5.92 Å². The molecule has 114 valence electrons. The van der Waals surface area contributed by atoms with Crippen LogP contribution in [0.3, 0.4) is 0 Å². The first kappa shape index (κ1) is 16.5. The summed E-state index contributed by atoms with van der Waals surface area (Å²) in [6.45, 7) is 4.72. The largest absolute Gasteiger partial charge is 0.480 e. The van der Waals surface area contributed by atoms with E-state index >= 15 is 0 Å². The van der Waals surface area contributed by atoms with Gasteiger partial charge in [0.1, 0.15) is 11.6 Å². The van der Waals surface area contributed by atoms with Crippen molar-refractivity contribution in [3.63, 3.8) is 0 Å². The van der Waals surface area contributed by atoms with Crippen LogP contribution >= 0.6 is 0 Å². The fraction of sp³-hybridized carbons (Fsp3) is 0.786. The lowest BCUT2D eigenvalue weighted by Gasteiger charge is -2.27. The predicted octanol–water partition coefficient (Wildman–Crippen LogP) is 1.05. The molecule has 2 amide bonds. The maximum Gasteiger partial charge on any atom is 0.329 e. The van der Waals surface area contributed by atoms with E-state index in [1.54, 1.807) is 13.8 Å². The van der Waals surface area contributed by atoms with Gasteiger partial charge in [-0.3, -0.25) is 9.59 Å². The molecule has 0 saturated heterocycles. The molecule has 0 aromatic heterocycles. The van der Waals surface area contributed by atoms with E-state index < -0.39 is 23.5 Å². The summed E-state index contributed by atoms with van der Waals surface area (Å²) >= 11 is 0. The van der Waals surface area contributed by atoms with E-state index in [1.165, 1.54) is 6.92 Å². The number of aliphatic carboxylic acids is 1. The minimum atomic E-state index is -1.30. The Morgan fingerprint density at radius 1 is 1.30 bits per heavy atom. The molecule has 0 radical (unpaired) electrons. The predicted molar refractivity (Wildman–Crippen MR) is 74.0 cm³/mol. The van der Waals surface area contributed by atoms with E-state index in [0.29, 0.717) is 0 Å². The standard InChI is InChI=1S/C14H24N2O4/c1-4-14(3,13(19)20)16-11(17)9(2)15-12(18)10-7-5-6-8-10/h9-10H,4-8H2,1-3H3,(H,15,18)(H,16,17)(H,19,20). The summed E-state index contributed by atoms with van der Waals surface area (Å²) < 4.78 is 0. The zero-order valence-corrected chi connectivity index (χ0v) is 12.4. The molecule has 0 aromatic carbocycles. The third kappa shape index (κ3) is 3.95. The highest BCUT2D eigenvalue weighted by molar-refractivity contribution is 5.92. The van der Waals surface area contributed by atoms with Crippen LogP contribution in [0.25, 0.3) is 0 Å². The molecule has 6 nitrogen and oxygen atoms in total. The van der Waals surface area contributed by atoms with Gasteiger partial charge in [-0.05, 0) is 33.1 Å². The number of hydrogen-bond acceptors (Lipinski definition) is 3. The van der Waals surface area contributed by atoms with Gasteiger partial charge in [0.25, 0.3) is 0 Å². The van der Waals surface area contributed by atoms with Crippen LogP contribution in [0, 0.1) is 5.92 Å². The van der Waals surface area contributed by atoms with Crippen LogP contribution in [0.15, 0.2) is 0 Å². The molecule has 2 atom stereocenters. The maximum absolute atomic E-state index is 12.0. The van der Waals surface area contributed by atoms with Gasteiger partial charge in [0.15, 0.2) is 0 Å². The van der Waals surface area contributed by atoms with E-state index in [9.17, 15) is 14.4 Å². The highest BCUT2D eigenvalue weighted by Crippen LogP contribution is 2.24. The van der Waals surface area contributed by atoms with Crippen LogP contribution < -0.4 is 10.6 Å². The third-order valence-corrected chi connectivity index (χ3v) is 4.06. The Balaban J connectivity index is 2.54. The van der Waals surface area contributed by atoms with E-state index in [-0.39, 0.29) is 18.2 Å². The molecule has 1 aliphatic rings. The first-order valence-corrected chi connectivity index (χ1v) is 7.16. The molecule has 0 heterocycles. The lowest BCUT2D eigenvalue weighted by Crippen LogP contribution is -2.57. The number of rotatable bonds is 6. The van der Waals surface area contributed by atoms with Crippen molar-refractivity contribution in [1.82, 2.24) is 10.6 Å². The van der Waals surface area contributed by atoms with Crippen molar-refractivity contribution >= 4 is 17.8 Å². The second-order valence-corrected chi connectivity index (χ2v) is 5.69. The highest BCUT2D eigenvalue weighted by atomic mass is 16.4. The average molecular weight is 284 g/mol. The van der Waals surface area contributed by atoms with E-state index in [0.717, 1.165) is 25.7 Å². The Labute approximate surface area is 119 Å². The molecule has 1 fully saturated rings. The Kier molecular flexibility index (Phi) is 5.53. The third-order valence-electron chi connectivity index (χ3n) is 4.06. The Hall–Kier alpha value is -1.59. The zero-order chi connectivity index (χ0) is 15.3. The highest BCUT2D eigenvalue weighted by Gasteiger charge is 2.34. The van der Waals surface area contributed by atoms with Gasteiger partial charge in [-0.2, -0.15) is 0 Å². The molecule has 20 heavy (non-hydrogen) atoms. The molecular weight excluding hydrogens is 260 g/mol. The average Bonchev–Trinajstić information content (AvgIpc) is 2.91. The fourth-order valence-electron chi connectivity index (χ4n) is 2.26. The number of carbonyl (C=O) groups is 3. The summed E-state index contributed by atoms with van der Waals surface area (Å²) in [7, 11) is 0. The normalized spacial score (nSPS) is 19.9. The zero-order valence-electron chi connectivity index (χ0n) is 12.4. The first-order chi connectivity index (χ1) is 9.30. The van der Waals surface area contributed by atoms with Crippen LogP contribution in [0.2, 0.25) is 0 Å². The minimum Gasteiger partial charge on any atom is -0.480 e. The van der Waals surface area contributed by atoms with E-state index in [4.69, 9.17) is 5.11 Å². The van der Waals surface area contributed by atoms with Gasteiger partial charge in [0.2, 0.25) is 11.8 Å². The van der Waals surface area contributed by atoms with Gasteiger partial charge in [-0.15, -0.1) is 0 Å². The fourth-order valence-corrected chi connectivity index (χ4v) is 2.26. The second-order valence-electron chi connectivity index (χ2n) is 5.69. The first-order valence-electron chi connectivity index (χ1n) is 7.16. The van der Waals surface area contributed by atoms with Crippen molar-refractivity contribution in [3.05, 3.63) is 0 Å². The number of nitrogens with one attached hydrogen (secondary N) is 2. The van der Waals surface area contributed by atoms with Crippen LogP contribution in [0.4, 0.5) is 0 Å². The molecule has 1 aliphatic carbocycles. The number of carboxylic acids is 1. The van der Waals surface area contributed by atoms with E-state index in [1.807, 2.05) is 0 Å². The van der Waals surface area contributed by atoms with Crippen molar-refractivity contribution < 1.29 is 19.5 Å². The topological polar surface area (TPSA) is 95.5 Å². The molecule has 1 saturated carbocycles. The number of amides is 2. The number of carboxylic acid groups (broad SMARTS) is 1. The molecule has 1 rings (SSSR count). The van der Waals surface area contributed by atoms with Crippen molar-refractivity contribution in [2.75, 3.05) is 0 Å². The van der Waals surface area contributed by atoms with Crippen LogP contribution in [0.1, 0.15) is 52.9 Å². The summed E-state index contributed by atoms with van der Waals surface area (Å²) in [5, 5.41) is 14.3. The van der Waals surface area contributed by atoms with Crippen molar-refractivity contribution in [1.29, 1.82) is 0 Å². The lowest BCUT2D eigenvalue weighted by molar-refractivity contribution is -0.147. The summed E-state index contributed by atoms with van der Waals surface area (Å²) in [6.07, 6.45) is 4.10. The smallest absolute Gasteiger partial charge is 0.329 e. The number of hydrogen-bond donors (Lipinski definition) is 3. The summed E-state index contributed by atoms with van der Waals surface area (Å²) in [5.41, 5.74) is -1.30. The van der Waals surface area contributed by atoms with Crippen LogP contribution in [-0.4, -0.2) is 34.5 Å². The van der Waals surface area contributed by atoms with Gasteiger partial charge >= 0.3 is 5.97 Å². The Bertz CT molecular complexity index is 391. The molecular formula is C14H24N2O4. The SMILES string of the molecule is CCC(C)(NC(=O)C(C)NC(=O)C1CCCC1)C(=O)O. The summed E-state index contributed by atoms with van der Waals surface area (Å²) in [5.74, 6) is -1.67. The molecule has 3 N–H and O–H groups in total. The van der Waals surface area contributed by atoms with Crippen molar-refractivity contribution in [3.8, 4) is 0 Å². The van der Waals surface area contributed by atoms with Gasteiger partial charge in [0, 0.05) is 5.92 Å². The molecule has 0 aliphatic heterocycles. The summed E-state index contributed by atoms with van der Waals surface area (Å²) in [4.78, 5) is 35.0. The van der Waals surface area contributed by atoms with E-state index in [2.05, 4.69) is 10.6 Å². The van der Waals surface area contributed by atoms with Gasteiger partial charge < -0.3 is 15.7 Å². The minimum absolute atomic E-state index is 0.0118. The quantitative estimate of drug-likeness (QED) is 0.679. The lowest BCUT2D eigenvalue weighted by atomic mass is 9.98. The molecule has 6 heteroatoms. The Morgan fingerprint density at radius 3 is 2.30 bits per heavy atom. The Morgan fingerprint density at radius 2 is 1.85 bits per heavy atom. The second kappa shape index (κ2) is 6.72. The molecule has 0 bridgehead atoms. The number of carbonyl (C=O) groups excluding carboxylic acids is 2. The van der Waals surface area contributed by atoms with Crippen molar-refractivity contribution in [2.45, 2.75) is 64.5 Å². The monoisotopic (exact) mass is 284 g/mol. The van der Waals surface area contributed by atoms with Crippen LogP contribution in [-0.2, 0) is 14.4 Å². The van der Waals surface area contributed by atoms with Gasteiger partial charge in [-0.25, -0.2) is 4.79 Å².